The van der Waals surface area contributed by atoms with Gasteiger partial charge in [-0.3, -0.25) is 4.79 Å². The summed E-state index contributed by atoms with van der Waals surface area (Å²) in [5, 5.41) is 11.6. The predicted molar refractivity (Wildman–Crippen MR) is 77.6 cm³/mol. The summed E-state index contributed by atoms with van der Waals surface area (Å²) in [5.41, 5.74) is 6.02. The van der Waals surface area contributed by atoms with Gasteiger partial charge in [-0.25, -0.2) is 4.79 Å². The number of carboxylic acid groups (broad SMARTS) is 1. The number of benzene rings is 1. The summed E-state index contributed by atoms with van der Waals surface area (Å²) in [6.45, 7) is 1.93. The van der Waals surface area contributed by atoms with Crippen molar-refractivity contribution in [1.29, 1.82) is 0 Å². The number of carboxylic acids is 1. The molecule has 1 rings (SSSR count). The number of carbonyl (C=O) groups excluding carboxylic acids is 1. The third kappa shape index (κ3) is 3.95. The number of hydrogen-bond donors (Lipinski definition) is 3. The summed E-state index contributed by atoms with van der Waals surface area (Å²) in [6.07, 6.45) is 1.37. The smallest absolute Gasteiger partial charge is 0.337 e. The van der Waals surface area contributed by atoms with Gasteiger partial charge in [0, 0.05) is 3.57 Å². The molecule has 0 spiro atoms. The van der Waals surface area contributed by atoms with Crippen LogP contribution in [0.3, 0.4) is 0 Å². The third-order valence-corrected chi connectivity index (χ3v) is 3.08. The van der Waals surface area contributed by atoms with Crippen LogP contribution in [0.15, 0.2) is 18.2 Å². The summed E-state index contributed by atoms with van der Waals surface area (Å²) in [7, 11) is 0. The second-order valence-corrected chi connectivity index (χ2v) is 5.13. The highest BCUT2D eigenvalue weighted by atomic mass is 127. The lowest BCUT2D eigenvalue weighted by Crippen LogP contribution is -2.35. The van der Waals surface area contributed by atoms with E-state index < -0.39 is 12.0 Å². The Morgan fingerprint density at radius 2 is 2.17 bits per heavy atom. The van der Waals surface area contributed by atoms with Crippen LogP contribution in [-0.4, -0.2) is 23.0 Å². The van der Waals surface area contributed by atoms with Gasteiger partial charge in [-0.15, -0.1) is 0 Å². The molecule has 6 heteroatoms. The average molecular weight is 362 g/mol. The third-order valence-electron chi connectivity index (χ3n) is 2.41. The maximum atomic E-state index is 11.7. The second kappa shape index (κ2) is 6.69. The molecule has 0 heterocycles. The molecule has 98 valence electrons. The van der Waals surface area contributed by atoms with Gasteiger partial charge >= 0.3 is 5.97 Å². The van der Waals surface area contributed by atoms with Crippen LogP contribution in [0.1, 0.15) is 30.1 Å². The topological polar surface area (TPSA) is 92.4 Å². The highest BCUT2D eigenvalue weighted by Gasteiger charge is 2.16. The van der Waals surface area contributed by atoms with Gasteiger partial charge in [0.1, 0.15) is 0 Å². The van der Waals surface area contributed by atoms with Crippen molar-refractivity contribution in [2.24, 2.45) is 5.73 Å². The number of rotatable bonds is 5. The van der Waals surface area contributed by atoms with Crippen molar-refractivity contribution in [2.45, 2.75) is 25.8 Å². The highest BCUT2D eigenvalue weighted by Crippen LogP contribution is 2.19. The zero-order valence-electron chi connectivity index (χ0n) is 9.94. The van der Waals surface area contributed by atoms with Crippen LogP contribution in [-0.2, 0) is 4.79 Å². The van der Waals surface area contributed by atoms with E-state index in [1.165, 1.54) is 6.07 Å². The number of aromatic carboxylic acids is 1. The van der Waals surface area contributed by atoms with Crippen LogP contribution in [0, 0.1) is 3.57 Å². The first-order chi connectivity index (χ1) is 8.45. The Kier molecular flexibility index (Phi) is 5.54. The molecule has 0 radical (unpaired) electrons. The van der Waals surface area contributed by atoms with Crippen molar-refractivity contribution in [1.82, 2.24) is 0 Å². The molecular formula is C12H15IN2O3. The van der Waals surface area contributed by atoms with Crippen molar-refractivity contribution < 1.29 is 14.7 Å². The van der Waals surface area contributed by atoms with Gasteiger partial charge in [0.05, 0.1) is 17.3 Å². The second-order valence-electron chi connectivity index (χ2n) is 3.88. The van der Waals surface area contributed by atoms with Gasteiger partial charge < -0.3 is 16.2 Å². The van der Waals surface area contributed by atoms with Crippen LogP contribution in [0.4, 0.5) is 5.69 Å². The SMILES string of the molecule is CCCC(N)C(=O)Nc1ccc(I)cc1C(=O)O. The molecule has 0 aliphatic carbocycles. The molecule has 1 atom stereocenters. The number of amides is 1. The van der Waals surface area contributed by atoms with E-state index in [2.05, 4.69) is 5.32 Å². The van der Waals surface area contributed by atoms with Gasteiger partial charge in [0.2, 0.25) is 5.91 Å². The maximum Gasteiger partial charge on any atom is 0.337 e. The Morgan fingerprint density at radius 1 is 1.50 bits per heavy atom. The largest absolute Gasteiger partial charge is 0.478 e. The number of nitrogens with two attached hydrogens (primary N) is 1. The van der Waals surface area contributed by atoms with E-state index >= 15 is 0 Å². The first-order valence-corrected chi connectivity index (χ1v) is 6.62. The number of carbonyl (C=O) groups is 2. The Balaban J connectivity index is 2.90. The number of nitrogens with one attached hydrogen (secondary N) is 1. The lowest BCUT2D eigenvalue weighted by molar-refractivity contribution is -0.117. The minimum atomic E-state index is -1.08. The number of anilines is 1. The van der Waals surface area contributed by atoms with Gasteiger partial charge in [0.15, 0.2) is 0 Å². The van der Waals surface area contributed by atoms with Gasteiger partial charge in [0.25, 0.3) is 0 Å². The fraction of sp³-hybridized carbons (Fsp3) is 0.333. The van der Waals surface area contributed by atoms with E-state index in [4.69, 9.17) is 10.8 Å². The van der Waals surface area contributed by atoms with E-state index in [0.29, 0.717) is 6.42 Å². The highest BCUT2D eigenvalue weighted by molar-refractivity contribution is 14.1. The van der Waals surface area contributed by atoms with Crippen LogP contribution in [0.5, 0.6) is 0 Å². The summed E-state index contributed by atoms with van der Waals surface area (Å²) in [4.78, 5) is 22.8. The van der Waals surface area contributed by atoms with Crippen molar-refractivity contribution in [3.63, 3.8) is 0 Å². The molecule has 0 fully saturated rings. The Hall–Kier alpha value is -1.15. The maximum absolute atomic E-state index is 11.7. The summed E-state index contributed by atoms with van der Waals surface area (Å²) < 4.78 is 0.792. The quantitative estimate of drug-likeness (QED) is 0.699. The standard InChI is InChI=1S/C12H15IN2O3/c1-2-3-9(14)11(16)15-10-5-4-7(13)6-8(10)12(17)18/h4-6,9H,2-3,14H2,1H3,(H,15,16)(H,17,18). The van der Waals surface area contributed by atoms with Crippen LogP contribution >= 0.6 is 22.6 Å². The first kappa shape index (κ1) is 14.9. The monoisotopic (exact) mass is 362 g/mol. The predicted octanol–water partition coefficient (Wildman–Crippen LogP) is 2.06. The minimum absolute atomic E-state index is 0.0685. The van der Waals surface area contributed by atoms with E-state index in [-0.39, 0.29) is 17.2 Å². The fourth-order valence-electron chi connectivity index (χ4n) is 1.47. The molecule has 0 saturated carbocycles. The van der Waals surface area contributed by atoms with E-state index in [1.807, 2.05) is 29.5 Å². The Bertz CT molecular complexity index is 463. The molecule has 0 saturated heterocycles. The fourth-order valence-corrected chi connectivity index (χ4v) is 1.96. The molecule has 5 nitrogen and oxygen atoms in total. The van der Waals surface area contributed by atoms with E-state index in [9.17, 15) is 9.59 Å². The normalized spacial score (nSPS) is 11.9. The molecule has 18 heavy (non-hydrogen) atoms. The zero-order valence-corrected chi connectivity index (χ0v) is 12.1. The molecule has 1 unspecified atom stereocenters. The number of halogens is 1. The summed E-state index contributed by atoms with van der Waals surface area (Å²) in [5.74, 6) is -1.44. The van der Waals surface area contributed by atoms with E-state index in [0.717, 1.165) is 9.99 Å². The molecule has 4 N–H and O–H groups in total. The van der Waals surface area contributed by atoms with Gasteiger partial charge in [-0.05, 0) is 47.2 Å². The summed E-state index contributed by atoms with van der Waals surface area (Å²) >= 11 is 2.02. The van der Waals surface area contributed by atoms with Crippen molar-refractivity contribution in [2.75, 3.05) is 5.32 Å². The first-order valence-electron chi connectivity index (χ1n) is 5.55. The molecule has 0 aliphatic heterocycles. The Morgan fingerprint density at radius 3 is 2.72 bits per heavy atom. The molecule has 0 aromatic heterocycles. The lowest BCUT2D eigenvalue weighted by Gasteiger charge is -2.13. The van der Waals surface area contributed by atoms with Crippen LogP contribution < -0.4 is 11.1 Å². The Labute approximate surface area is 119 Å². The number of hydrogen-bond acceptors (Lipinski definition) is 3. The van der Waals surface area contributed by atoms with Gasteiger partial charge in [-0.1, -0.05) is 13.3 Å². The zero-order chi connectivity index (χ0) is 13.7. The molecule has 0 bridgehead atoms. The van der Waals surface area contributed by atoms with Crippen molar-refractivity contribution in [3.8, 4) is 0 Å². The summed E-state index contributed by atoms with van der Waals surface area (Å²) in [6, 6.07) is 4.19. The average Bonchev–Trinajstić information content (AvgIpc) is 2.31. The van der Waals surface area contributed by atoms with Crippen molar-refractivity contribution in [3.05, 3.63) is 27.3 Å². The molecular weight excluding hydrogens is 347 g/mol. The molecule has 1 amide bonds. The van der Waals surface area contributed by atoms with Crippen molar-refractivity contribution >= 4 is 40.2 Å². The molecule has 1 aromatic rings. The van der Waals surface area contributed by atoms with E-state index in [1.54, 1.807) is 12.1 Å². The van der Waals surface area contributed by atoms with Gasteiger partial charge in [-0.2, -0.15) is 0 Å². The lowest BCUT2D eigenvalue weighted by atomic mass is 10.1. The molecule has 1 aromatic carbocycles. The molecule has 0 aliphatic rings. The van der Waals surface area contributed by atoms with Crippen LogP contribution in [0.2, 0.25) is 0 Å². The minimum Gasteiger partial charge on any atom is -0.478 e. The van der Waals surface area contributed by atoms with Crippen LogP contribution in [0.25, 0.3) is 0 Å².